The molecule has 1 aromatic carbocycles. The van der Waals surface area contributed by atoms with Crippen LogP contribution in [0.5, 0.6) is 0 Å². The van der Waals surface area contributed by atoms with Gasteiger partial charge in [0, 0.05) is 23.8 Å². The normalized spacial score (nSPS) is 12.9. The first-order chi connectivity index (χ1) is 8.58. The Labute approximate surface area is 108 Å². The second-order valence-electron chi connectivity index (χ2n) is 4.76. The SMILES string of the molecule is Cc1occc1CN(C)C(C)c1ccc(N)cc1. The summed E-state index contributed by atoms with van der Waals surface area (Å²) in [6.45, 7) is 5.08. The molecule has 2 aromatic rings. The van der Waals surface area contributed by atoms with Gasteiger partial charge in [0.15, 0.2) is 0 Å². The minimum absolute atomic E-state index is 0.347. The first-order valence-electron chi connectivity index (χ1n) is 6.16. The molecule has 0 saturated heterocycles. The summed E-state index contributed by atoms with van der Waals surface area (Å²) in [4.78, 5) is 2.30. The Balaban J connectivity index is 2.07. The number of aryl methyl sites for hydroxylation is 1. The molecular weight excluding hydrogens is 224 g/mol. The summed E-state index contributed by atoms with van der Waals surface area (Å²) < 4.78 is 5.32. The van der Waals surface area contributed by atoms with Gasteiger partial charge in [-0.15, -0.1) is 0 Å². The zero-order chi connectivity index (χ0) is 13.1. The molecular formula is C15H20N2O. The van der Waals surface area contributed by atoms with Crippen molar-refractivity contribution in [3.8, 4) is 0 Å². The lowest BCUT2D eigenvalue weighted by Gasteiger charge is -2.25. The molecule has 0 aliphatic rings. The van der Waals surface area contributed by atoms with Crippen LogP contribution in [0.2, 0.25) is 0 Å². The van der Waals surface area contributed by atoms with Crippen LogP contribution in [-0.4, -0.2) is 11.9 Å². The fraction of sp³-hybridized carbons (Fsp3) is 0.333. The fourth-order valence-electron chi connectivity index (χ4n) is 2.01. The zero-order valence-corrected chi connectivity index (χ0v) is 11.2. The third kappa shape index (κ3) is 2.74. The number of nitrogens with two attached hydrogens (primary N) is 1. The molecule has 1 atom stereocenters. The van der Waals surface area contributed by atoms with Crippen LogP contribution in [-0.2, 0) is 6.54 Å². The Morgan fingerprint density at radius 3 is 2.44 bits per heavy atom. The van der Waals surface area contributed by atoms with E-state index in [4.69, 9.17) is 10.2 Å². The number of rotatable bonds is 4. The Morgan fingerprint density at radius 2 is 1.89 bits per heavy atom. The van der Waals surface area contributed by atoms with Gasteiger partial charge in [-0.3, -0.25) is 4.90 Å². The van der Waals surface area contributed by atoms with E-state index in [1.807, 2.05) is 25.1 Å². The Bertz CT molecular complexity index is 501. The highest BCUT2D eigenvalue weighted by Crippen LogP contribution is 2.22. The van der Waals surface area contributed by atoms with E-state index in [9.17, 15) is 0 Å². The minimum Gasteiger partial charge on any atom is -0.469 e. The van der Waals surface area contributed by atoms with Gasteiger partial charge in [-0.05, 0) is 44.7 Å². The number of benzene rings is 1. The second kappa shape index (κ2) is 5.27. The standard InChI is InChI=1S/C15H20N2O/c1-11(13-4-6-15(16)7-5-13)17(3)10-14-8-9-18-12(14)2/h4-9,11H,10,16H2,1-3H3. The van der Waals surface area contributed by atoms with Crippen molar-refractivity contribution >= 4 is 5.69 Å². The highest BCUT2D eigenvalue weighted by molar-refractivity contribution is 5.40. The largest absolute Gasteiger partial charge is 0.469 e. The van der Waals surface area contributed by atoms with E-state index >= 15 is 0 Å². The molecule has 2 rings (SSSR count). The van der Waals surface area contributed by atoms with Crippen LogP contribution in [0.3, 0.4) is 0 Å². The molecule has 0 amide bonds. The van der Waals surface area contributed by atoms with Gasteiger partial charge in [-0.1, -0.05) is 12.1 Å². The maximum absolute atomic E-state index is 5.71. The van der Waals surface area contributed by atoms with Crippen molar-refractivity contribution in [1.82, 2.24) is 4.90 Å². The van der Waals surface area contributed by atoms with E-state index in [1.54, 1.807) is 6.26 Å². The summed E-state index contributed by atoms with van der Waals surface area (Å²) in [7, 11) is 2.12. The van der Waals surface area contributed by atoms with Gasteiger partial charge in [0.1, 0.15) is 5.76 Å². The Hall–Kier alpha value is -1.74. The molecule has 2 N–H and O–H groups in total. The summed E-state index contributed by atoms with van der Waals surface area (Å²) >= 11 is 0. The van der Waals surface area contributed by atoms with E-state index in [1.165, 1.54) is 11.1 Å². The summed E-state index contributed by atoms with van der Waals surface area (Å²) in [5.74, 6) is 0.992. The van der Waals surface area contributed by atoms with E-state index in [0.29, 0.717) is 6.04 Å². The van der Waals surface area contributed by atoms with Crippen LogP contribution in [0.15, 0.2) is 41.0 Å². The molecule has 0 aliphatic carbocycles. The van der Waals surface area contributed by atoms with E-state index in [2.05, 4.69) is 31.0 Å². The van der Waals surface area contributed by atoms with Crippen molar-refractivity contribution in [1.29, 1.82) is 0 Å². The first-order valence-corrected chi connectivity index (χ1v) is 6.16. The number of anilines is 1. The predicted octanol–water partition coefficient (Wildman–Crippen LogP) is 3.36. The van der Waals surface area contributed by atoms with Crippen molar-refractivity contribution < 1.29 is 4.42 Å². The minimum atomic E-state index is 0.347. The van der Waals surface area contributed by atoms with Crippen molar-refractivity contribution in [3.63, 3.8) is 0 Å². The third-order valence-electron chi connectivity index (χ3n) is 3.47. The molecule has 0 fully saturated rings. The van der Waals surface area contributed by atoms with Crippen LogP contribution in [0, 0.1) is 6.92 Å². The lowest BCUT2D eigenvalue weighted by Crippen LogP contribution is -2.22. The molecule has 18 heavy (non-hydrogen) atoms. The van der Waals surface area contributed by atoms with Crippen LogP contribution in [0.4, 0.5) is 5.69 Å². The molecule has 0 aliphatic heterocycles. The molecule has 1 unspecified atom stereocenters. The quantitative estimate of drug-likeness (QED) is 0.838. The molecule has 1 heterocycles. The van der Waals surface area contributed by atoms with Crippen LogP contribution in [0.25, 0.3) is 0 Å². The number of nitrogen functional groups attached to an aromatic ring is 1. The van der Waals surface area contributed by atoms with Crippen molar-refractivity contribution in [2.45, 2.75) is 26.4 Å². The number of hydrogen-bond acceptors (Lipinski definition) is 3. The molecule has 96 valence electrons. The van der Waals surface area contributed by atoms with Gasteiger partial charge >= 0.3 is 0 Å². The Kier molecular flexibility index (Phi) is 3.72. The monoisotopic (exact) mass is 244 g/mol. The summed E-state index contributed by atoms with van der Waals surface area (Å²) in [6, 6.07) is 10.4. The van der Waals surface area contributed by atoms with E-state index < -0.39 is 0 Å². The van der Waals surface area contributed by atoms with Gasteiger partial charge in [-0.25, -0.2) is 0 Å². The molecule has 0 radical (unpaired) electrons. The average Bonchev–Trinajstić information content (AvgIpc) is 2.75. The molecule has 1 aromatic heterocycles. The van der Waals surface area contributed by atoms with Gasteiger partial charge in [0.25, 0.3) is 0 Å². The number of nitrogens with zero attached hydrogens (tertiary/aromatic N) is 1. The average molecular weight is 244 g/mol. The fourth-order valence-corrected chi connectivity index (χ4v) is 2.01. The lowest BCUT2D eigenvalue weighted by atomic mass is 10.1. The van der Waals surface area contributed by atoms with Gasteiger partial charge in [-0.2, -0.15) is 0 Å². The van der Waals surface area contributed by atoms with E-state index in [0.717, 1.165) is 18.0 Å². The van der Waals surface area contributed by atoms with Crippen molar-refractivity contribution in [3.05, 3.63) is 53.5 Å². The lowest BCUT2D eigenvalue weighted by molar-refractivity contribution is 0.251. The molecule has 3 heteroatoms. The molecule has 0 bridgehead atoms. The van der Waals surface area contributed by atoms with E-state index in [-0.39, 0.29) is 0 Å². The molecule has 3 nitrogen and oxygen atoms in total. The predicted molar refractivity (Wildman–Crippen MR) is 74.2 cm³/mol. The first kappa shape index (κ1) is 12.7. The zero-order valence-electron chi connectivity index (χ0n) is 11.2. The maximum Gasteiger partial charge on any atom is 0.105 e. The van der Waals surface area contributed by atoms with Crippen LogP contribution < -0.4 is 5.73 Å². The second-order valence-corrected chi connectivity index (χ2v) is 4.76. The number of hydrogen-bond donors (Lipinski definition) is 1. The van der Waals surface area contributed by atoms with Crippen molar-refractivity contribution in [2.75, 3.05) is 12.8 Å². The maximum atomic E-state index is 5.71. The van der Waals surface area contributed by atoms with Crippen LogP contribution >= 0.6 is 0 Å². The van der Waals surface area contributed by atoms with Crippen LogP contribution in [0.1, 0.15) is 29.9 Å². The van der Waals surface area contributed by atoms with Gasteiger partial charge < -0.3 is 10.2 Å². The topological polar surface area (TPSA) is 42.4 Å². The molecule has 0 saturated carbocycles. The van der Waals surface area contributed by atoms with Crippen molar-refractivity contribution in [2.24, 2.45) is 0 Å². The summed E-state index contributed by atoms with van der Waals surface area (Å²) in [5.41, 5.74) is 9.02. The van der Waals surface area contributed by atoms with Gasteiger partial charge in [0.2, 0.25) is 0 Å². The smallest absolute Gasteiger partial charge is 0.105 e. The highest BCUT2D eigenvalue weighted by Gasteiger charge is 2.13. The summed E-state index contributed by atoms with van der Waals surface area (Å²) in [6.07, 6.45) is 1.74. The number of furan rings is 1. The summed E-state index contributed by atoms with van der Waals surface area (Å²) in [5, 5.41) is 0. The highest BCUT2D eigenvalue weighted by atomic mass is 16.3. The third-order valence-corrected chi connectivity index (χ3v) is 3.47. The molecule has 0 spiro atoms. The van der Waals surface area contributed by atoms with Gasteiger partial charge in [0.05, 0.1) is 6.26 Å². The Morgan fingerprint density at radius 1 is 1.22 bits per heavy atom.